The van der Waals surface area contributed by atoms with Crippen molar-refractivity contribution in [2.24, 2.45) is 0 Å². The monoisotopic (exact) mass is 322 g/mol. The van der Waals surface area contributed by atoms with Gasteiger partial charge in [-0.05, 0) is 36.8 Å². The van der Waals surface area contributed by atoms with E-state index in [1.54, 1.807) is 25.6 Å². The molecule has 0 saturated carbocycles. The zero-order valence-electron chi connectivity index (χ0n) is 13.6. The van der Waals surface area contributed by atoms with Crippen LogP contribution in [0.15, 0.2) is 55.0 Å². The first-order valence-electron chi connectivity index (χ1n) is 7.55. The van der Waals surface area contributed by atoms with Crippen LogP contribution < -0.4 is 10.1 Å². The summed E-state index contributed by atoms with van der Waals surface area (Å²) in [4.78, 5) is 20.9. The van der Waals surface area contributed by atoms with Crippen LogP contribution in [0, 0.1) is 6.92 Å². The fraction of sp³-hybridized carbons (Fsp3) is 0.167. The number of benzene rings is 1. The molecule has 0 unspecified atom stereocenters. The number of pyridine rings is 1. The van der Waals surface area contributed by atoms with E-state index in [4.69, 9.17) is 4.74 Å². The number of rotatable bonds is 5. The van der Waals surface area contributed by atoms with Gasteiger partial charge in [-0.15, -0.1) is 0 Å². The largest absolute Gasteiger partial charge is 0.497 e. The summed E-state index contributed by atoms with van der Waals surface area (Å²) in [6.45, 7) is 1.89. The molecule has 6 heteroatoms. The van der Waals surface area contributed by atoms with E-state index >= 15 is 0 Å². The van der Waals surface area contributed by atoms with Crippen molar-refractivity contribution in [2.45, 2.75) is 13.3 Å². The molecular weight excluding hydrogens is 304 g/mol. The maximum absolute atomic E-state index is 12.3. The summed E-state index contributed by atoms with van der Waals surface area (Å²) >= 11 is 0. The van der Waals surface area contributed by atoms with Gasteiger partial charge in [-0.1, -0.05) is 12.1 Å². The number of hydrogen-bond donors (Lipinski definition) is 1. The lowest BCUT2D eigenvalue weighted by Gasteiger charge is -2.12. The summed E-state index contributed by atoms with van der Waals surface area (Å²) in [5, 5.41) is 2.92. The lowest BCUT2D eigenvalue weighted by atomic mass is 10.1. The van der Waals surface area contributed by atoms with Crippen LogP contribution in [0.25, 0.3) is 5.82 Å². The highest BCUT2D eigenvalue weighted by Gasteiger charge is 2.11. The molecule has 0 aliphatic rings. The predicted octanol–water partition coefficient (Wildman–Crippen LogP) is 2.77. The van der Waals surface area contributed by atoms with Crippen LogP contribution in [0.3, 0.4) is 0 Å². The highest BCUT2D eigenvalue weighted by atomic mass is 16.5. The first-order valence-corrected chi connectivity index (χ1v) is 7.55. The molecule has 3 aromatic rings. The summed E-state index contributed by atoms with van der Waals surface area (Å²) in [6.07, 6.45) is 5.49. The van der Waals surface area contributed by atoms with Gasteiger partial charge < -0.3 is 10.1 Å². The van der Waals surface area contributed by atoms with Gasteiger partial charge in [0.05, 0.1) is 19.2 Å². The van der Waals surface area contributed by atoms with Crippen LogP contribution in [0.5, 0.6) is 5.75 Å². The quantitative estimate of drug-likeness (QED) is 0.784. The third kappa shape index (κ3) is 3.43. The lowest BCUT2D eigenvalue weighted by molar-refractivity contribution is -0.115. The molecule has 0 atom stereocenters. The standard InChI is InChI=1S/C18H18N4O2/c1-13-19-10-11-22(13)18-16(4-3-9-20-18)21-17(23)12-14-5-7-15(24-2)8-6-14/h3-11H,12H2,1-2H3,(H,21,23). The Bertz CT molecular complexity index is 840. The second-order valence-corrected chi connectivity index (χ2v) is 5.29. The van der Waals surface area contributed by atoms with Crippen molar-refractivity contribution in [1.29, 1.82) is 0 Å². The van der Waals surface area contributed by atoms with Crippen molar-refractivity contribution < 1.29 is 9.53 Å². The zero-order valence-corrected chi connectivity index (χ0v) is 13.6. The molecule has 3 rings (SSSR count). The number of nitrogens with zero attached hydrogens (tertiary/aromatic N) is 3. The van der Waals surface area contributed by atoms with E-state index in [1.807, 2.05) is 48.0 Å². The van der Waals surface area contributed by atoms with Gasteiger partial charge in [0, 0.05) is 18.6 Å². The fourth-order valence-electron chi connectivity index (χ4n) is 2.41. The van der Waals surface area contributed by atoms with Crippen LogP contribution in [-0.2, 0) is 11.2 Å². The average molecular weight is 322 g/mol. The van der Waals surface area contributed by atoms with Crippen LogP contribution >= 0.6 is 0 Å². The second-order valence-electron chi connectivity index (χ2n) is 5.29. The maximum atomic E-state index is 12.3. The van der Waals surface area contributed by atoms with Crippen molar-refractivity contribution in [1.82, 2.24) is 14.5 Å². The van der Waals surface area contributed by atoms with Gasteiger partial charge in [0.15, 0.2) is 5.82 Å². The smallest absolute Gasteiger partial charge is 0.228 e. The minimum atomic E-state index is -0.104. The maximum Gasteiger partial charge on any atom is 0.228 e. The van der Waals surface area contributed by atoms with E-state index in [-0.39, 0.29) is 12.3 Å². The third-order valence-corrected chi connectivity index (χ3v) is 3.64. The molecule has 1 amide bonds. The van der Waals surface area contributed by atoms with Crippen molar-refractivity contribution >= 4 is 11.6 Å². The number of nitrogens with one attached hydrogen (secondary N) is 1. The summed E-state index contributed by atoms with van der Waals surface area (Å²) in [5.74, 6) is 2.12. The van der Waals surface area contributed by atoms with Crippen molar-refractivity contribution in [2.75, 3.05) is 12.4 Å². The Kier molecular flexibility index (Phi) is 4.56. The Labute approximate surface area is 140 Å². The van der Waals surface area contributed by atoms with Gasteiger partial charge in [0.25, 0.3) is 0 Å². The number of ether oxygens (including phenoxy) is 1. The van der Waals surface area contributed by atoms with E-state index in [1.165, 1.54) is 0 Å². The van der Waals surface area contributed by atoms with E-state index in [9.17, 15) is 4.79 Å². The lowest BCUT2D eigenvalue weighted by Crippen LogP contribution is -2.16. The van der Waals surface area contributed by atoms with E-state index in [0.717, 1.165) is 17.1 Å². The number of carbonyl (C=O) groups excluding carboxylic acids is 1. The Hall–Kier alpha value is -3.15. The molecule has 0 bridgehead atoms. The van der Waals surface area contributed by atoms with Crippen LogP contribution in [-0.4, -0.2) is 27.6 Å². The number of aryl methyl sites for hydroxylation is 1. The summed E-state index contributed by atoms with van der Waals surface area (Å²) < 4.78 is 6.96. The normalized spacial score (nSPS) is 10.4. The molecule has 0 aliphatic heterocycles. The zero-order chi connectivity index (χ0) is 16.9. The van der Waals surface area contributed by atoms with E-state index in [0.29, 0.717) is 11.5 Å². The highest BCUT2D eigenvalue weighted by Crippen LogP contribution is 2.19. The molecule has 1 N–H and O–H groups in total. The van der Waals surface area contributed by atoms with Gasteiger partial charge in [-0.25, -0.2) is 9.97 Å². The first kappa shape index (κ1) is 15.7. The van der Waals surface area contributed by atoms with Crippen molar-refractivity contribution in [3.05, 3.63) is 66.4 Å². The Morgan fingerprint density at radius 2 is 1.96 bits per heavy atom. The minimum Gasteiger partial charge on any atom is -0.497 e. The molecule has 0 fully saturated rings. The molecule has 24 heavy (non-hydrogen) atoms. The first-order chi connectivity index (χ1) is 11.7. The van der Waals surface area contributed by atoms with Crippen LogP contribution in [0.4, 0.5) is 5.69 Å². The topological polar surface area (TPSA) is 69.0 Å². The van der Waals surface area contributed by atoms with Gasteiger partial charge in [0.2, 0.25) is 5.91 Å². The van der Waals surface area contributed by atoms with Crippen LogP contribution in [0.1, 0.15) is 11.4 Å². The molecular formula is C18H18N4O2. The summed E-state index contributed by atoms with van der Waals surface area (Å²) in [6, 6.07) is 11.1. The number of hydrogen-bond acceptors (Lipinski definition) is 4. The average Bonchev–Trinajstić information content (AvgIpc) is 3.02. The Morgan fingerprint density at radius 1 is 1.17 bits per heavy atom. The highest BCUT2D eigenvalue weighted by molar-refractivity contribution is 5.93. The molecule has 1 aromatic carbocycles. The number of anilines is 1. The van der Waals surface area contributed by atoms with Gasteiger partial charge in [0.1, 0.15) is 11.6 Å². The molecule has 122 valence electrons. The summed E-state index contributed by atoms with van der Waals surface area (Å²) in [5.41, 5.74) is 1.56. The number of carbonyl (C=O) groups is 1. The second kappa shape index (κ2) is 6.95. The van der Waals surface area contributed by atoms with Gasteiger partial charge in [-0.3, -0.25) is 9.36 Å². The van der Waals surface area contributed by atoms with Crippen LogP contribution in [0.2, 0.25) is 0 Å². The number of imidazole rings is 1. The molecule has 6 nitrogen and oxygen atoms in total. The number of aromatic nitrogens is 3. The van der Waals surface area contributed by atoms with Gasteiger partial charge >= 0.3 is 0 Å². The van der Waals surface area contributed by atoms with E-state index in [2.05, 4.69) is 15.3 Å². The number of amides is 1. The fourth-order valence-corrected chi connectivity index (χ4v) is 2.41. The van der Waals surface area contributed by atoms with Crippen molar-refractivity contribution in [3.63, 3.8) is 0 Å². The predicted molar refractivity (Wildman–Crippen MR) is 91.4 cm³/mol. The molecule has 0 spiro atoms. The number of methoxy groups -OCH3 is 1. The third-order valence-electron chi connectivity index (χ3n) is 3.64. The molecule has 2 heterocycles. The SMILES string of the molecule is COc1ccc(CC(=O)Nc2cccnc2-n2ccnc2C)cc1. The van der Waals surface area contributed by atoms with Crippen molar-refractivity contribution in [3.8, 4) is 11.6 Å². The Morgan fingerprint density at radius 3 is 2.62 bits per heavy atom. The minimum absolute atomic E-state index is 0.104. The van der Waals surface area contributed by atoms with Gasteiger partial charge in [-0.2, -0.15) is 0 Å². The molecule has 0 saturated heterocycles. The molecule has 0 radical (unpaired) electrons. The molecule has 0 aliphatic carbocycles. The summed E-state index contributed by atoms with van der Waals surface area (Å²) in [7, 11) is 1.61. The van der Waals surface area contributed by atoms with E-state index < -0.39 is 0 Å². The molecule has 2 aromatic heterocycles. The Balaban J connectivity index is 1.76.